The lowest BCUT2D eigenvalue weighted by atomic mass is 10.1. The molecule has 3 N–H and O–H groups in total. The Bertz CT molecular complexity index is 1300. The molecule has 0 aliphatic carbocycles. The summed E-state index contributed by atoms with van der Waals surface area (Å²) in [6, 6.07) is 21.0. The number of ether oxygens (including phenoxy) is 1. The molecule has 11 heteroatoms. The molecule has 0 aliphatic rings. The normalized spacial score (nSPS) is 12.2. The summed E-state index contributed by atoms with van der Waals surface area (Å²) in [5.41, 5.74) is 3.84. The average Bonchev–Trinajstić information content (AvgIpc) is 2.85. The van der Waals surface area contributed by atoms with Crippen LogP contribution in [-0.2, 0) is 26.0 Å². The van der Waals surface area contributed by atoms with Gasteiger partial charge in [0.05, 0.1) is 24.1 Å². The largest absolute Gasteiger partial charge is 0.493 e. The number of nitrogens with zero attached hydrogens (tertiary/aromatic N) is 1. The first kappa shape index (κ1) is 27.3. The molecule has 3 aromatic carbocycles. The minimum Gasteiger partial charge on any atom is -0.493 e. The molecule has 1 atom stereocenters. The number of nitrogens with one attached hydrogen (secondary N) is 2. The molecule has 1 amide bonds. The second-order valence-electron chi connectivity index (χ2n) is 7.61. The molecule has 0 radical (unpaired) electrons. The highest BCUT2D eigenvalue weighted by molar-refractivity contribution is 14.1. The highest BCUT2D eigenvalue weighted by Gasteiger charge is 2.26. The third-order valence-corrected chi connectivity index (χ3v) is 7.08. The number of carboxylic acids is 1. The monoisotopic (exact) mass is 621 g/mol. The van der Waals surface area contributed by atoms with Gasteiger partial charge in [-0.25, -0.2) is 13.8 Å². The fraction of sp³-hybridized carbons (Fsp3) is 0.160. The molecule has 9 nitrogen and oxygen atoms in total. The summed E-state index contributed by atoms with van der Waals surface area (Å²) in [6.45, 7) is 0.0553. The number of hydrogen-bond acceptors (Lipinski definition) is 6. The van der Waals surface area contributed by atoms with Crippen LogP contribution in [0.4, 0.5) is 0 Å². The number of amides is 1. The zero-order chi connectivity index (χ0) is 26.0. The maximum Gasteiger partial charge on any atom is 0.306 e. The summed E-state index contributed by atoms with van der Waals surface area (Å²) in [4.78, 5) is 23.5. The molecular formula is C25H24IN3O6S. The first-order valence-corrected chi connectivity index (χ1v) is 13.4. The minimum absolute atomic E-state index is 0.0553. The van der Waals surface area contributed by atoms with Crippen LogP contribution in [0.1, 0.15) is 17.5 Å². The lowest BCUT2D eigenvalue weighted by molar-refractivity contribution is -0.137. The van der Waals surface area contributed by atoms with Gasteiger partial charge in [-0.3, -0.25) is 9.59 Å². The minimum atomic E-state index is -3.95. The van der Waals surface area contributed by atoms with E-state index in [0.717, 1.165) is 9.13 Å². The molecule has 0 aliphatic heterocycles. The second-order valence-corrected chi connectivity index (χ2v) is 10.6. The summed E-state index contributed by atoms with van der Waals surface area (Å²) >= 11 is 2.08. The van der Waals surface area contributed by atoms with Crippen molar-refractivity contribution in [3.8, 4) is 5.75 Å². The fourth-order valence-corrected chi connectivity index (χ4v) is 4.62. The zero-order valence-electron chi connectivity index (χ0n) is 19.0. The van der Waals surface area contributed by atoms with Crippen LogP contribution in [0.15, 0.2) is 88.9 Å². The van der Waals surface area contributed by atoms with Gasteiger partial charge in [0, 0.05) is 3.57 Å². The molecule has 3 rings (SSSR count). The van der Waals surface area contributed by atoms with Gasteiger partial charge in [0.1, 0.15) is 11.8 Å². The standard InChI is InChI=1S/C25H24IN3O6S/c26-20-8-12-22(13-9-20)36(33,34)29-23(16-18-4-2-1-3-5-18)25(32)28-27-17-19-6-10-21(11-7-19)35-15-14-24(30)31/h1-13,17,23,29H,14-16H2,(H,28,32)(H,30,31)/b27-17-/t23-/m1/s1. The molecule has 0 saturated carbocycles. The van der Waals surface area contributed by atoms with E-state index in [9.17, 15) is 18.0 Å². The summed E-state index contributed by atoms with van der Waals surface area (Å²) in [6.07, 6.45) is 1.44. The van der Waals surface area contributed by atoms with Crippen molar-refractivity contribution >= 4 is 50.7 Å². The fourth-order valence-electron chi connectivity index (χ4n) is 3.06. The highest BCUT2D eigenvalue weighted by atomic mass is 127. The van der Waals surface area contributed by atoms with Crippen LogP contribution in [0.5, 0.6) is 5.75 Å². The van der Waals surface area contributed by atoms with E-state index in [-0.39, 0.29) is 24.3 Å². The Morgan fingerprint density at radius 2 is 1.67 bits per heavy atom. The van der Waals surface area contributed by atoms with Crippen LogP contribution < -0.4 is 14.9 Å². The van der Waals surface area contributed by atoms with Crippen LogP contribution in [0.3, 0.4) is 0 Å². The van der Waals surface area contributed by atoms with Crippen molar-refractivity contribution in [2.24, 2.45) is 5.10 Å². The predicted molar refractivity (Wildman–Crippen MR) is 143 cm³/mol. The van der Waals surface area contributed by atoms with Gasteiger partial charge < -0.3 is 9.84 Å². The maximum atomic E-state index is 12.9. The Hall–Kier alpha value is -3.29. The number of hydrazone groups is 1. The molecular weight excluding hydrogens is 597 g/mol. The van der Waals surface area contributed by atoms with Gasteiger partial charge in [-0.1, -0.05) is 30.3 Å². The van der Waals surface area contributed by atoms with Crippen molar-refractivity contribution in [2.45, 2.75) is 23.8 Å². The quantitative estimate of drug-likeness (QED) is 0.162. The molecule has 188 valence electrons. The van der Waals surface area contributed by atoms with Crippen LogP contribution in [0, 0.1) is 3.57 Å². The van der Waals surface area contributed by atoms with Crippen LogP contribution in [0.25, 0.3) is 0 Å². The molecule has 0 unspecified atom stereocenters. The molecule has 0 heterocycles. The maximum absolute atomic E-state index is 12.9. The highest BCUT2D eigenvalue weighted by Crippen LogP contribution is 2.14. The van der Waals surface area contributed by atoms with Crippen molar-refractivity contribution in [1.82, 2.24) is 10.1 Å². The van der Waals surface area contributed by atoms with Gasteiger partial charge in [-0.05, 0) is 88.7 Å². The number of benzene rings is 3. The van der Waals surface area contributed by atoms with E-state index in [2.05, 4.69) is 37.8 Å². The third-order valence-electron chi connectivity index (χ3n) is 4.87. The number of sulfonamides is 1. The van der Waals surface area contributed by atoms with Gasteiger partial charge in [0.15, 0.2) is 0 Å². The summed E-state index contributed by atoms with van der Waals surface area (Å²) in [5.74, 6) is -1.05. The van der Waals surface area contributed by atoms with E-state index in [4.69, 9.17) is 9.84 Å². The molecule has 0 bridgehead atoms. The number of rotatable bonds is 12. The van der Waals surface area contributed by atoms with Crippen molar-refractivity contribution in [1.29, 1.82) is 0 Å². The van der Waals surface area contributed by atoms with Gasteiger partial charge in [0.2, 0.25) is 10.0 Å². The molecule has 3 aromatic rings. The number of carbonyl (C=O) groups is 2. The number of carbonyl (C=O) groups excluding carboxylic acids is 1. The summed E-state index contributed by atoms with van der Waals surface area (Å²) in [7, 11) is -3.95. The molecule has 36 heavy (non-hydrogen) atoms. The van der Waals surface area contributed by atoms with Gasteiger partial charge in [-0.15, -0.1) is 0 Å². The second kappa shape index (κ2) is 13.1. The molecule has 0 saturated heterocycles. The SMILES string of the molecule is O=C(O)CCOc1ccc(/C=N\NC(=O)[C@@H](Cc2ccccc2)NS(=O)(=O)c2ccc(I)cc2)cc1. The summed E-state index contributed by atoms with van der Waals surface area (Å²) < 4.78 is 34.5. The summed E-state index contributed by atoms with van der Waals surface area (Å²) in [5, 5.41) is 12.6. The van der Waals surface area contributed by atoms with Crippen molar-refractivity contribution in [3.63, 3.8) is 0 Å². The zero-order valence-corrected chi connectivity index (χ0v) is 22.0. The van der Waals surface area contributed by atoms with Crippen LogP contribution >= 0.6 is 22.6 Å². The lowest BCUT2D eigenvalue weighted by Gasteiger charge is -2.17. The first-order valence-electron chi connectivity index (χ1n) is 10.8. The van der Waals surface area contributed by atoms with Crippen LogP contribution in [-0.4, -0.2) is 44.3 Å². The van der Waals surface area contributed by atoms with E-state index in [1.54, 1.807) is 36.4 Å². The van der Waals surface area contributed by atoms with Crippen LogP contribution in [0.2, 0.25) is 0 Å². The first-order chi connectivity index (χ1) is 17.2. The number of halogens is 1. The molecule has 0 aromatic heterocycles. The van der Waals surface area contributed by atoms with Crippen molar-refractivity contribution in [2.75, 3.05) is 6.61 Å². The Balaban J connectivity index is 1.67. The van der Waals surface area contributed by atoms with Gasteiger partial charge in [-0.2, -0.15) is 9.82 Å². The van der Waals surface area contributed by atoms with Gasteiger partial charge in [0.25, 0.3) is 5.91 Å². The van der Waals surface area contributed by atoms with E-state index in [1.807, 2.05) is 30.3 Å². The van der Waals surface area contributed by atoms with E-state index in [0.29, 0.717) is 11.3 Å². The third kappa shape index (κ3) is 8.73. The van der Waals surface area contributed by atoms with Crippen molar-refractivity contribution < 1.29 is 27.9 Å². The van der Waals surface area contributed by atoms with Gasteiger partial charge >= 0.3 is 5.97 Å². The average molecular weight is 621 g/mol. The Morgan fingerprint density at radius 1 is 1.00 bits per heavy atom. The Labute approximate surface area is 222 Å². The molecule has 0 fully saturated rings. The molecule has 0 spiro atoms. The van der Waals surface area contributed by atoms with E-state index < -0.39 is 27.9 Å². The smallest absolute Gasteiger partial charge is 0.306 e. The predicted octanol–water partition coefficient (Wildman–Crippen LogP) is 3.18. The number of carboxylic acid groups (broad SMARTS) is 1. The van der Waals surface area contributed by atoms with E-state index >= 15 is 0 Å². The Kier molecular flexibility index (Phi) is 9.96. The number of hydrogen-bond donors (Lipinski definition) is 3. The van der Waals surface area contributed by atoms with Crippen molar-refractivity contribution in [3.05, 3.63) is 93.6 Å². The topological polar surface area (TPSA) is 134 Å². The lowest BCUT2D eigenvalue weighted by Crippen LogP contribution is -2.46. The Morgan fingerprint density at radius 3 is 2.31 bits per heavy atom. The number of aliphatic carboxylic acids is 1. The van der Waals surface area contributed by atoms with E-state index in [1.165, 1.54) is 18.3 Å².